The van der Waals surface area contributed by atoms with E-state index in [1.54, 1.807) is 24.3 Å². The van der Waals surface area contributed by atoms with Gasteiger partial charge in [0.05, 0.1) is 10.6 Å². The Labute approximate surface area is 219 Å². The standard InChI is InChI=1S/C25H24Cl2FN3O4S/c1-17(25(33)29-2)30(15-19-20(26)11-8-12-21(19)27)24(32)16-31(23-14-7-6-13-22(23)28)36(34,35)18-9-4-3-5-10-18/h3-14,17H,15-16H2,1-2H3,(H,29,33). The molecular formula is C25H24Cl2FN3O4S. The van der Waals surface area contributed by atoms with Crippen molar-refractivity contribution in [3.8, 4) is 0 Å². The van der Waals surface area contributed by atoms with E-state index in [-0.39, 0.29) is 27.2 Å². The quantitative estimate of drug-likeness (QED) is 0.424. The molecule has 11 heteroatoms. The molecule has 1 atom stereocenters. The minimum atomic E-state index is -4.35. The molecule has 1 unspecified atom stereocenters. The van der Waals surface area contributed by atoms with E-state index < -0.39 is 40.2 Å². The van der Waals surface area contributed by atoms with Crippen LogP contribution in [-0.4, -0.2) is 44.8 Å². The van der Waals surface area contributed by atoms with Crippen LogP contribution < -0.4 is 9.62 Å². The highest BCUT2D eigenvalue weighted by atomic mass is 35.5. The third kappa shape index (κ3) is 5.98. The molecule has 0 fully saturated rings. The molecule has 2 amide bonds. The fourth-order valence-electron chi connectivity index (χ4n) is 3.53. The second kappa shape index (κ2) is 11.7. The van der Waals surface area contributed by atoms with Crippen LogP contribution in [0.3, 0.4) is 0 Å². The number of benzene rings is 3. The molecule has 1 N–H and O–H groups in total. The summed E-state index contributed by atoms with van der Waals surface area (Å²) in [5, 5.41) is 3.02. The summed E-state index contributed by atoms with van der Waals surface area (Å²) < 4.78 is 42.6. The van der Waals surface area contributed by atoms with Gasteiger partial charge in [-0.15, -0.1) is 0 Å². The van der Waals surface area contributed by atoms with Crippen molar-refractivity contribution in [3.63, 3.8) is 0 Å². The van der Waals surface area contributed by atoms with Crippen molar-refractivity contribution in [2.75, 3.05) is 17.9 Å². The average Bonchev–Trinajstić information content (AvgIpc) is 2.87. The maximum absolute atomic E-state index is 14.8. The molecule has 0 radical (unpaired) electrons. The molecule has 3 aromatic rings. The van der Waals surface area contributed by atoms with Gasteiger partial charge in [0.1, 0.15) is 18.4 Å². The van der Waals surface area contributed by atoms with Gasteiger partial charge >= 0.3 is 0 Å². The van der Waals surface area contributed by atoms with E-state index >= 15 is 0 Å². The average molecular weight is 552 g/mol. The zero-order chi connectivity index (χ0) is 26.5. The first kappa shape index (κ1) is 27.4. The number of nitrogens with one attached hydrogen (secondary N) is 1. The Kier molecular flexibility index (Phi) is 8.94. The van der Waals surface area contributed by atoms with Gasteiger partial charge in [0.15, 0.2) is 0 Å². The second-order valence-electron chi connectivity index (χ2n) is 7.79. The molecule has 0 bridgehead atoms. The number of para-hydroxylation sites is 1. The zero-order valence-electron chi connectivity index (χ0n) is 19.5. The van der Waals surface area contributed by atoms with Crippen molar-refractivity contribution >= 4 is 50.7 Å². The van der Waals surface area contributed by atoms with Gasteiger partial charge < -0.3 is 10.2 Å². The van der Waals surface area contributed by atoms with Gasteiger partial charge in [-0.3, -0.25) is 13.9 Å². The van der Waals surface area contributed by atoms with E-state index in [0.29, 0.717) is 9.87 Å². The SMILES string of the molecule is CNC(=O)C(C)N(Cc1c(Cl)cccc1Cl)C(=O)CN(c1ccccc1F)S(=O)(=O)c1ccccc1. The molecule has 0 saturated carbocycles. The van der Waals surface area contributed by atoms with Crippen LogP contribution >= 0.6 is 23.2 Å². The van der Waals surface area contributed by atoms with E-state index in [1.807, 2.05) is 0 Å². The summed E-state index contributed by atoms with van der Waals surface area (Å²) >= 11 is 12.6. The van der Waals surface area contributed by atoms with Gasteiger partial charge in [-0.1, -0.05) is 59.6 Å². The fourth-order valence-corrected chi connectivity index (χ4v) is 5.49. The van der Waals surface area contributed by atoms with E-state index in [2.05, 4.69) is 5.32 Å². The number of halogens is 3. The molecular weight excluding hydrogens is 528 g/mol. The highest BCUT2D eigenvalue weighted by Gasteiger charge is 2.33. The van der Waals surface area contributed by atoms with Crippen molar-refractivity contribution in [3.05, 3.63) is 94.2 Å². The van der Waals surface area contributed by atoms with Crippen molar-refractivity contribution < 1.29 is 22.4 Å². The number of amides is 2. The van der Waals surface area contributed by atoms with Crippen LogP contribution in [0.4, 0.5) is 10.1 Å². The monoisotopic (exact) mass is 551 g/mol. The molecule has 3 aromatic carbocycles. The fraction of sp³-hybridized carbons (Fsp3) is 0.200. The number of anilines is 1. The number of carbonyl (C=O) groups excluding carboxylic acids is 2. The first-order chi connectivity index (χ1) is 17.1. The predicted molar refractivity (Wildman–Crippen MR) is 138 cm³/mol. The van der Waals surface area contributed by atoms with E-state index in [0.717, 1.165) is 11.0 Å². The molecule has 0 aliphatic heterocycles. The number of hydrogen-bond donors (Lipinski definition) is 1. The molecule has 0 aliphatic carbocycles. The van der Waals surface area contributed by atoms with Gasteiger partial charge in [-0.2, -0.15) is 0 Å². The zero-order valence-corrected chi connectivity index (χ0v) is 21.8. The smallest absolute Gasteiger partial charge is 0.264 e. The topological polar surface area (TPSA) is 86.8 Å². The summed E-state index contributed by atoms with van der Waals surface area (Å²) in [5.41, 5.74) is 0.0753. The van der Waals surface area contributed by atoms with Crippen molar-refractivity contribution in [2.24, 2.45) is 0 Å². The Morgan fingerprint density at radius 2 is 1.53 bits per heavy atom. The lowest BCUT2D eigenvalue weighted by Gasteiger charge is -2.32. The summed E-state index contributed by atoms with van der Waals surface area (Å²) in [5.74, 6) is -2.08. The third-order valence-electron chi connectivity index (χ3n) is 5.54. The number of rotatable bonds is 9. The molecule has 36 heavy (non-hydrogen) atoms. The van der Waals surface area contributed by atoms with Crippen LogP contribution in [0.1, 0.15) is 12.5 Å². The van der Waals surface area contributed by atoms with E-state index in [9.17, 15) is 22.4 Å². The molecule has 190 valence electrons. The minimum absolute atomic E-state index is 0.124. The molecule has 0 aromatic heterocycles. The summed E-state index contributed by atoms with van der Waals surface area (Å²) in [4.78, 5) is 27.1. The van der Waals surface area contributed by atoms with E-state index in [1.165, 1.54) is 56.4 Å². The highest BCUT2D eigenvalue weighted by molar-refractivity contribution is 7.92. The maximum Gasteiger partial charge on any atom is 0.264 e. The first-order valence-corrected chi connectivity index (χ1v) is 13.0. The number of carbonyl (C=O) groups is 2. The molecule has 0 spiro atoms. The Bertz CT molecular complexity index is 1340. The lowest BCUT2D eigenvalue weighted by molar-refractivity contribution is -0.139. The molecule has 7 nitrogen and oxygen atoms in total. The highest BCUT2D eigenvalue weighted by Crippen LogP contribution is 2.29. The van der Waals surface area contributed by atoms with Crippen molar-refractivity contribution in [2.45, 2.75) is 24.4 Å². The van der Waals surface area contributed by atoms with Crippen LogP contribution in [0.15, 0.2) is 77.7 Å². The van der Waals surface area contributed by atoms with Crippen LogP contribution in [0.2, 0.25) is 10.0 Å². The van der Waals surface area contributed by atoms with Gasteiger partial charge in [-0.05, 0) is 43.3 Å². The Morgan fingerprint density at radius 3 is 2.11 bits per heavy atom. The summed E-state index contributed by atoms with van der Waals surface area (Å²) in [6, 6.07) is 16.4. The Hall–Kier alpha value is -3.14. The third-order valence-corrected chi connectivity index (χ3v) is 8.02. The lowest BCUT2D eigenvalue weighted by Crippen LogP contribution is -2.51. The number of nitrogens with zero attached hydrogens (tertiary/aromatic N) is 2. The molecule has 0 saturated heterocycles. The number of hydrogen-bond acceptors (Lipinski definition) is 4. The van der Waals surface area contributed by atoms with Crippen LogP contribution in [0, 0.1) is 5.82 Å². The van der Waals surface area contributed by atoms with Crippen LogP contribution in [0.25, 0.3) is 0 Å². The molecule has 0 aliphatic rings. The summed E-state index contributed by atoms with van der Waals surface area (Å²) in [6.07, 6.45) is 0. The van der Waals surface area contributed by atoms with Gasteiger partial charge in [0, 0.05) is 29.2 Å². The first-order valence-electron chi connectivity index (χ1n) is 10.8. The molecule has 3 rings (SSSR count). The molecule has 0 heterocycles. The van der Waals surface area contributed by atoms with Crippen LogP contribution in [0.5, 0.6) is 0 Å². The summed E-state index contributed by atoms with van der Waals surface area (Å²) in [7, 11) is -2.94. The Balaban J connectivity index is 2.07. The minimum Gasteiger partial charge on any atom is -0.357 e. The lowest BCUT2D eigenvalue weighted by atomic mass is 10.1. The van der Waals surface area contributed by atoms with Gasteiger partial charge in [0.25, 0.3) is 10.0 Å². The van der Waals surface area contributed by atoms with Crippen molar-refractivity contribution in [1.29, 1.82) is 0 Å². The predicted octanol–water partition coefficient (Wildman–Crippen LogP) is 4.49. The maximum atomic E-state index is 14.8. The van der Waals surface area contributed by atoms with Gasteiger partial charge in [-0.25, -0.2) is 12.8 Å². The van der Waals surface area contributed by atoms with Crippen molar-refractivity contribution in [1.82, 2.24) is 10.2 Å². The summed E-state index contributed by atoms with van der Waals surface area (Å²) in [6.45, 7) is 0.532. The number of likely N-dealkylation sites (N-methyl/N-ethyl adjacent to an activating group) is 1. The normalized spacial score (nSPS) is 12.0. The van der Waals surface area contributed by atoms with E-state index in [4.69, 9.17) is 23.2 Å². The Morgan fingerprint density at radius 1 is 0.944 bits per heavy atom. The van der Waals surface area contributed by atoms with Gasteiger partial charge in [0.2, 0.25) is 11.8 Å². The number of sulfonamides is 1. The largest absolute Gasteiger partial charge is 0.357 e. The van der Waals surface area contributed by atoms with Crippen LogP contribution in [-0.2, 0) is 26.2 Å². The second-order valence-corrected chi connectivity index (χ2v) is 10.5.